The van der Waals surface area contributed by atoms with Gasteiger partial charge in [-0.1, -0.05) is 19.1 Å². The van der Waals surface area contributed by atoms with Crippen LogP contribution in [-0.4, -0.2) is 25.2 Å². The van der Waals surface area contributed by atoms with Gasteiger partial charge in [-0.05, 0) is 36.7 Å². The predicted octanol–water partition coefficient (Wildman–Crippen LogP) is 3.17. The number of benzene rings is 1. The molecule has 0 aliphatic rings. The second kappa shape index (κ2) is 8.39. The summed E-state index contributed by atoms with van der Waals surface area (Å²) in [7, 11) is 1.71. The van der Waals surface area contributed by atoms with Crippen molar-refractivity contribution in [2.24, 2.45) is 0 Å². The Morgan fingerprint density at radius 3 is 2.62 bits per heavy atom. The maximum absolute atomic E-state index is 5.86. The van der Waals surface area contributed by atoms with Gasteiger partial charge >= 0.3 is 0 Å². The highest BCUT2D eigenvalue weighted by Crippen LogP contribution is 2.22. The average molecular weight is 286 g/mol. The summed E-state index contributed by atoms with van der Waals surface area (Å²) in [5.41, 5.74) is 2.22. The lowest BCUT2D eigenvalue weighted by Crippen LogP contribution is -2.12. The molecule has 0 saturated heterocycles. The monoisotopic (exact) mass is 286 g/mol. The van der Waals surface area contributed by atoms with E-state index in [4.69, 9.17) is 9.47 Å². The minimum atomic E-state index is 0.734. The molecule has 0 radical (unpaired) electrons. The summed E-state index contributed by atoms with van der Waals surface area (Å²) >= 11 is 0. The van der Waals surface area contributed by atoms with Gasteiger partial charge in [0.25, 0.3) is 0 Å². The maximum atomic E-state index is 5.86. The van der Waals surface area contributed by atoms with E-state index in [0.29, 0.717) is 0 Å². The Bertz CT molecular complexity index is 541. The third kappa shape index (κ3) is 5.17. The van der Waals surface area contributed by atoms with Crippen LogP contribution < -0.4 is 10.1 Å². The van der Waals surface area contributed by atoms with Crippen molar-refractivity contribution in [3.8, 4) is 11.5 Å². The SMILES string of the molecule is CCNCc1cc(Oc2ccc(CCOC)cc2)ccn1. The van der Waals surface area contributed by atoms with Crippen LogP contribution in [0.4, 0.5) is 0 Å². The third-order valence-corrected chi connectivity index (χ3v) is 3.10. The van der Waals surface area contributed by atoms with Gasteiger partial charge < -0.3 is 14.8 Å². The lowest BCUT2D eigenvalue weighted by molar-refractivity contribution is 0.202. The molecule has 1 aromatic carbocycles. The average Bonchev–Trinajstić information content (AvgIpc) is 2.53. The van der Waals surface area contributed by atoms with Gasteiger partial charge in [-0.15, -0.1) is 0 Å². The fraction of sp³-hybridized carbons (Fsp3) is 0.353. The number of rotatable bonds is 8. The van der Waals surface area contributed by atoms with E-state index in [9.17, 15) is 0 Å². The van der Waals surface area contributed by atoms with E-state index in [2.05, 4.69) is 29.4 Å². The number of ether oxygens (including phenoxy) is 2. The lowest BCUT2D eigenvalue weighted by Gasteiger charge is -2.08. The van der Waals surface area contributed by atoms with Crippen LogP contribution in [0.25, 0.3) is 0 Å². The summed E-state index contributed by atoms with van der Waals surface area (Å²) < 4.78 is 10.9. The number of hydrogen-bond acceptors (Lipinski definition) is 4. The highest BCUT2D eigenvalue weighted by molar-refractivity contribution is 5.33. The van der Waals surface area contributed by atoms with E-state index < -0.39 is 0 Å². The molecule has 21 heavy (non-hydrogen) atoms. The van der Waals surface area contributed by atoms with Crippen LogP contribution >= 0.6 is 0 Å². The molecule has 2 aromatic rings. The molecular formula is C17H22N2O2. The first-order chi connectivity index (χ1) is 10.3. The topological polar surface area (TPSA) is 43.4 Å². The molecule has 0 amide bonds. The van der Waals surface area contributed by atoms with Crippen LogP contribution in [0.2, 0.25) is 0 Å². The van der Waals surface area contributed by atoms with Crippen molar-refractivity contribution < 1.29 is 9.47 Å². The van der Waals surface area contributed by atoms with Gasteiger partial charge in [-0.2, -0.15) is 0 Å². The Hall–Kier alpha value is -1.91. The number of pyridine rings is 1. The first-order valence-electron chi connectivity index (χ1n) is 7.23. The molecule has 4 nitrogen and oxygen atoms in total. The number of methoxy groups -OCH3 is 1. The molecule has 0 spiro atoms. The van der Waals surface area contributed by atoms with E-state index in [-0.39, 0.29) is 0 Å². The third-order valence-electron chi connectivity index (χ3n) is 3.10. The molecule has 0 bridgehead atoms. The molecule has 0 unspecified atom stereocenters. The number of nitrogens with zero attached hydrogens (tertiary/aromatic N) is 1. The zero-order chi connectivity index (χ0) is 14.9. The molecule has 112 valence electrons. The van der Waals surface area contributed by atoms with Crippen molar-refractivity contribution in [2.75, 3.05) is 20.3 Å². The van der Waals surface area contributed by atoms with Crippen LogP contribution in [0.3, 0.4) is 0 Å². The molecule has 0 aliphatic carbocycles. The lowest BCUT2D eigenvalue weighted by atomic mass is 10.1. The largest absolute Gasteiger partial charge is 0.457 e. The molecule has 0 aliphatic heterocycles. The zero-order valence-corrected chi connectivity index (χ0v) is 12.6. The number of hydrogen-bond donors (Lipinski definition) is 1. The minimum Gasteiger partial charge on any atom is -0.457 e. The summed E-state index contributed by atoms with van der Waals surface area (Å²) in [6, 6.07) is 11.9. The van der Waals surface area contributed by atoms with Crippen LogP contribution in [-0.2, 0) is 17.7 Å². The fourth-order valence-corrected chi connectivity index (χ4v) is 1.95. The van der Waals surface area contributed by atoms with E-state index >= 15 is 0 Å². The van der Waals surface area contributed by atoms with Crippen LogP contribution in [0.5, 0.6) is 11.5 Å². The van der Waals surface area contributed by atoms with Gasteiger partial charge in [-0.3, -0.25) is 4.98 Å². The maximum Gasteiger partial charge on any atom is 0.130 e. The first-order valence-corrected chi connectivity index (χ1v) is 7.23. The van der Waals surface area contributed by atoms with Gasteiger partial charge in [0, 0.05) is 25.9 Å². The van der Waals surface area contributed by atoms with Gasteiger partial charge in [0.15, 0.2) is 0 Å². The van der Waals surface area contributed by atoms with Crippen molar-refractivity contribution in [2.45, 2.75) is 19.9 Å². The van der Waals surface area contributed by atoms with Gasteiger partial charge in [0.05, 0.1) is 12.3 Å². The van der Waals surface area contributed by atoms with Crippen molar-refractivity contribution in [1.29, 1.82) is 0 Å². The molecular weight excluding hydrogens is 264 g/mol. The number of aromatic nitrogens is 1. The summed E-state index contributed by atoms with van der Waals surface area (Å²) in [6.45, 7) is 4.49. The summed E-state index contributed by atoms with van der Waals surface area (Å²) in [5.74, 6) is 1.64. The van der Waals surface area contributed by atoms with E-state index in [0.717, 1.165) is 43.3 Å². The summed E-state index contributed by atoms with van der Waals surface area (Å²) in [5, 5.41) is 3.25. The van der Waals surface area contributed by atoms with Gasteiger partial charge in [0.1, 0.15) is 11.5 Å². The van der Waals surface area contributed by atoms with Crippen LogP contribution in [0, 0.1) is 0 Å². The van der Waals surface area contributed by atoms with Crippen molar-refractivity contribution in [3.63, 3.8) is 0 Å². The second-order valence-corrected chi connectivity index (χ2v) is 4.75. The number of nitrogens with one attached hydrogen (secondary N) is 1. The predicted molar refractivity (Wildman–Crippen MR) is 83.7 cm³/mol. The molecule has 0 fully saturated rings. The Labute approximate surface area is 126 Å². The summed E-state index contributed by atoms with van der Waals surface area (Å²) in [4.78, 5) is 4.31. The molecule has 1 N–H and O–H groups in total. The van der Waals surface area contributed by atoms with Crippen molar-refractivity contribution >= 4 is 0 Å². The second-order valence-electron chi connectivity index (χ2n) is 4.75. The molecule has 0 atom stereocenters. The quantitative estimate of drug-likeness (QED) is 0.809. The highest BCUT2D eigenvalue weighted by Gasteiger charge is 2.01. The molecule has 1 heterocycles. The Morgan fingerprint density at radius 2 is 1.90 bits per heavy atom. The normalized spacial score (nSPS) is 10.6. The Kier molecular flexibility index (Phi) is 6.19. The van der Waals surface area contributed by atoms with E-state index in [1.807, 2.05) is 24.3 Å². The van der Waals surface area contributed by atoms with Gasteiger partial charge in [-0.25, -0.2) is 0 Å². The highest BCUT2D eigenvalue weighted by atomic mass is 16.5. The Morgan fingerprint density at radius 1 is 1.10 bits per heavy atom. The summed E-state index contributed by atoms with van der Waals surface area (Å²) in [6.07, 6.45) is 2.69. The van der Waals surface area contributed by atoms with Gasteiger partial charge in [0.2, 0.25) is 0 Å². The van der Waals surface area contributed by atoms with Crippen LogP contribution in [0.1, 0.15) is 18.2 Å². The molecule has 1 aromatic heterocycles. The smallest absolute Gasteiger partial charge is 0.130 e. The molecule has 0 saturated carbocycles. The van der Waals surface area contributed by atoms with Crippen LogP contribution in [0.15, 0.2) is 42.6 Å². The zero-order valence-electron chi connectivity index (χ0n) is 12.6. The van der Waals surface area contributed by atoms with E-state index in [1.54, 1.807) is 13.3 Å². The first kappa shape index (κ1) is 15.5. The van der Waals surface area contributed by atoms with E-state index in [1.165, 1.54) is 5.56 Å². The minimum absolute atomic E-state index is 0.734. The van der Waals surface area contributed by atoms with Crippen molar-refractivity contribution in [3.05, 3.63) is 53.9 Å². The molecule has 2 rings (SSSR count). The molecule has 4 heteroatoms. The fourth-order valence-electron chi connectivity index (χ4n) is 1.95. The Balaban J connectivity index is 1.97. The van der Waals surface area contributed by atoms with Crippen molar-refractivity contribution in [1.82, 2.24) is 10.3 Å². The standard InChI is InChI=1S/C17H22N2O2/c1-3-18-13-15-12-17(8-10-19-15)21-16-6-4-14(5-7-16)9-11-20-2/h4-8,10,12,18H,3,9,11,13H2,1-2H3.